The van der Waals surface area contributed by atoms with Crippen molar-refractivity contribution in [3.8, 4) is 0 Å². The maximum atomic E-state index is 6.99. The number of hydrogen-bond donors (Lipinski definition) is 1. The predicted octanol–water partition coefficient (Wildman–Crippen LogP) is 6.89. The van der Waals surface area contributed by atoms with Crippen molar-refractivity contribution < 1.29 is 4.74 Å². The van der Waals surface area contributed by atoms with Gasteiger partial charge in [-0.15, -0.1) is 0 Å². The molecule has 10 unspecified atom stereocenters. The second-order valence-corrected chi connectivity index (χ2v) is 13.6. The minimum atomic E-state index is 0.108. The standard InChI is InChI=1S/C29H47NO/c1-18-8-12-28(5)24-15-23-19(2)17-29(20(3)26-25(31-29)7-6-14-30-26)13-10-21(23)22(24)9-11-27(28,4)16-18/h18,20-22,24-26,30H,6-17H2,1-5H3. The van der Waals surface area contributed by atoms with Crippen LogP contribution in [0.25, 0.3) is 0 Å². The monoisotopic (exact) mass is 425 g/mol. The Morgan fingerprint density at radius 3 is 2.65 bits per heavy atom. The van der Waals surface area contributed by atoms with E-state index in [1.807, 2.05) is 5.57 Å². The van der Waals surface area contributed by atoms with Crippen molar-refractivity contribution in [1.82, 2.24) is 5.32 Å². The van der Waals surface area contributed by atoms with Gasteiger partial charge in [-0.3, -0.25) is 0 Å². The fourth-order valence-corrected chi connectivity index (χ4v) is 10.3. The zero-order chi connectivity index (χ0) is 21.6. The second-order valence-electron chi connectivity index (χ2n) is 13.6. The molecule has 31 heavy (non-hydrogen) atoms. The number of ether oxygens (including phenoxy) is 1. The maximum Gasteiger partial charge on any atom is 0.0765 e. The van der Waals surface area contributed by atoms with Crippen LogP contribution in [0.3, 0.4) is 0 Å². The van der Waals surface area contributed by atoms with E-state index in [9.17, 15) is 0 Å². The molecule has 5 fully saturated rings. The van der Waals surface area contributed by atoms with E-state index in [2.05, 4.69) is 39.9 Å². The second kappa shape index (κ2) is 7.08. The molecule has 0 radical (unpaired) electrons. The molecule has 1 N–H and O–H groups in total. The molecule has 3 saturated carbocycles. The first-order valence-corrected chi connectivity index (χ1v) is 13.9. The quantitative estimate of drug-likeness (QED) is 0.427. The van der Waals surface area contributed by atoms with Gasteiger partial charge in [-0.1, -0.05) is 45.3 Å². The fourth-order valence-electron chi connectivity index (χ4n) is 10.3. The van der Waals surface area contributed by atoms with E-state index in [1.165, 1.54) is 77.2 Å². The van der Waals surface area contributed by atoms with E-state index in [-0.39, 0.29) is 5.60 Å². The molecule has 0 bridgehead atoms. The summed E-state index contributed by atoms with van der Waals surface area (Å²) in [7, 11) is 0. The summed E-state index contributed by atoms with van der Waals surface area (Å²) in [4.78, 5) is 0. The molecule has 4 aliphatic carbocycles. The summed E-state index contributed by atoms with van der Waals surface area (Å²) in [5, 5.41) is 3.84. The van der Waals surface area contributed by atoms with E-state index in [0.29, 0.717) is 28.9 Å². The zero-order valence-corrected chi connectivity index (χ0v) is 20.9. The third kappa shape index (κ3) is 2.89. The van der Waals surface area contributed by atoms with Gasteiger partial charge in [-0.25, -0.2) is 0 Å². The third-order valence-corrected chi connectivity index (χ3v) is 12.3. The lowest BCUT2D eigenvalue weighted by Crippen LogP contribution is -2.52. The highest BCUT2D eigenvalue weighted by molar-refractivity contribution is 5.29. The van der Waals surface area contributed by atoms with Crippen LogP contribution >= 0.6 is 0 Å². The molecule has 0 aromatic carbocycles. The molecule has 10 atom stereocenters. The molecule has 0 aromatic rings. The Kier molecular flexibility index (Phi) is 4.84. The summed E-state index contributed by atoms with van der Waals surface area (Å²) in [5.41, 5.74) is 4.88. The van der Waals surface area contributed by atoms with Crippen LogP contribution in [0, 0.1) is 40.4 Å². The SMILES string of the molecule is CC1=C2CC3C(CCC4(C)CC(C)CCC34C)C2CCC2(C1)OC1CCCNC1C2C. The van der Waals surface area contributed by atoms with E-state index in [0.717, 1.165) is 23.7 Å². The molecule has 6 rings (SSSR count). The van der Waals surface area contributed by atoms with Crippen LogP contribution < -0.4 is 5.32 Å². The van der Waals surface area contributed by atoms with Gasteiger partial charge in [0.2, 0.25) is 0 Å². The molecule has 174 valence electrons. The normalized spacial score (nSPS) is 56.6. The van der Waals surface area contributed by atoms with Crippen LogP contribution in [0.5, 0.6) is 0 Å². The molecule has 0 aromatic heterocycles. The van der Waals surface area contributed by atoms with Gasteiger partial charge in [0.1, 0.15) is 0 Å². The van der Waals surface area contributed by atoms with Gasteiger partial charge in [0.05, 0.1) is 11.7 Å². The van der Waals surface area contributed by atoms with Gasteiger partial charge in [-0.05, 0) is 112 Å². The number of nitrogens with one attached hydrogen (secondary N) is 1. The molecule has 0 amide bonds. The molecule has 2 heterocycles. The Morgan fingerprint density at radius 2 is 1.84 bits per heavy atom. The fraction of sp³-hybridized carbons (Fsp3) is 0.931. The van der Waals surface area contributed by atoms with Crippen molar-refractivity contribution >= 4 is 0 Å². The van der Waals surface area contributed by atoms with Gasteiger partial charge >= 0.3 is 0 Å². The van der Waals surface area contributed by atoms with Crippen LogP contribution in [-0.4, -0.2) is 24.3 Å². The van der Waals surface area contributed by atoms with Gasteiger partial charge < -0.3 is 10.1 Å². The summed E-state index contributed by atoms with van der Waals surface area (Å²) in [5.74, 6) is 4.32. The number of allylic oxidation sites excluding steroid dienone is 1. The Morgan fingerprint density at radius 1 is 1.00 bits per heavy atom. The van der Waals surface area contributed by atoms with Crippen molar-refractivity contribution in [2.24, 2.45) is 40.4 Å². The maximum absolute atomic E-state index is 6.99. The van der Waals surface area contributed by atoms with Crippen LogP contribution in [0.1, 0.15) is 105 Å². The van der Waals surface area contributed by atoms with E-state index < -0.39 is 0 Å². The molecule has 2 saturated heterocycles. The third-order valence-electron chi connectivity index (χ3n) is 12.3. The molecule has 2 nitrogen and oxygen atoms in total. The first-order chi connectivity index (χ1) is 14.8. The Labute approximate surface area is 191 Å². The molecular formula is C29H47NO. The van der Waals surface area contributed by atoms with E-state index in [1.54, 1.807) is 5.57 Å². The van der Waals surface area contributed by atoms with Crippen LogP contribution in [0.4, 0.5) is 0 Å². The van der Waals surface area contributed by atoms with Gasteiger partial charge in [-0.2, -0.15) is 0 Å². The van der Waals surface area contributed by atoms with Crippen molar-refractivity contribution in [3.63, 3.8) is 0 Å². The average Bonchev–Trinajstić information content (AvgIpc) is 3.20. The summed E-state index contributed by atoms with van der Waals surface area (Å²) in [6.07, 6.45) is 15.7. The Bertz CT molecular complexity index is 773. The zero-order valence-electron chi connectivity index (χ0n) is 20.9. The first kappa shape index (κ1) is 21.2. The number of piperidine rings is 1. The summed E-state index contributed by atoms with van der Waals surface area (Å²) >= 11 is 0. The van der Waals surface area contributed by atoms with Gasteiger partial charge in [0, 0.05) is 12.0 Å². The molecule has 1 spiro atoms. The van der Waals surface area contributed by atoms with Crippen molar-refractivity contribution in [3.05, 3.63) is 11.1 Å². The van der Waals surface area contributed by atoms with Gasteiger partial charge in [0.25, 0.3) is 0 Å². The number of rotatable bonds is 0. The highest BCUT2D eigenvalue weighted by Gasteiger charge is 2.62. The lowest BCUT2D eigenvalue weighted by Gasteiger charge is -2.60. The van der Waals surface area contributed by atoms with E-state index in [4.69, 9.17) is 4.74 Å². The molecular weight excluding hydrogens is 378 g/mol. The lowest BCUT2D eigenvalue weighted by molar-refractivity contribution is -0.112. The summed E-state index contributed by atoms with van der Waals surface area (Å²) < 4.78 is 6.99. The highest BCUT2D eigenvalue weighted by atomic mass is 16.5. The van der Waals surface area contributed by atoms with Gasteiger partial charge in [0.15, 0.2) is 0 Å². The molecule has 2 aliphatic heterocycles. The number of hydrogen-bond acceptors (Lipinski definition) is 2. The minimum absolute atomic E-state index is 0.108. The highest BCUT2D eigenvalue weighted by Crippen LogP contribution is 2.69. The first-order valence-electron chi connectivity index (χ1n) is 13.9. The average molecular weight is 426 g/mol. The largest absolute Gasteiger partial charge is 0.369 e. The van der Waals surface area contributed by atoms with Crippen molar-refractivity contribution in [2.75, 3.05) is 6.54 Å². The Hall–Kier alpha value is -0.340. The van der Waals surface area contributed by atoms with Crippen LogP contribution in [0.15, 0.2) is 11.1 Å². The molecule has 6 aliphatic rings. The minimum Gasteiger partial charge on any atom is -0.369 e. The lowest BCUT2D eigenvalue weighted by atomic mass is 9.44. The van der Waals surface area contributed by atoms with Crippen molar-refractivity contribution in [2.45, 2.75) is 123 Å². The topological polar surface area (TPSA) is 21.3 Å². The predicted molar refractivity (Wildman–Crippen MR) is 128 cm³/mol. The van der Waals surface area contributed by atoms with Crippen LogP contribution in [-0.2, 0) is 4.74 Å². The molecule has 2 heteroatoms. The van der Waals surface area contributed by atoms with Crippen LogP contribution in [0.2, 0.25) is 0 Å². The summed E-state index contributed by atoms with van der Waals surface area (Å²) in [6, 6.07) is 0.593. The van der Waals surface area contributed by atoms with E-state index >= 15 is 0 Å². The van der Waals surface area contributed by atoms with Crippen molar-refractivity contribution in [1.29, 1.82) is 0 Å². The summed E-state index contributed by atoms with van der Waals surface area (Å²) in [6.45, 7) is 14.1. The smallest absolute Gasteiger partial charge is 0.0765 e. The number of fused-ring (bicyclic) bond motifs is 6. The Balaban J connectivity index is 1.30.